The summed E-state index contributed by atoms with van der Waals surface area (Å²) in [6.45, 7) is 4.68. The summed E-state index contributed by atoms with van der Waals surface area (Å²) < 4.78 is 71.2. The molecule has 1 aromatic heterocycles. The number of hydrogen-bond donors (Lipinski definition) is 2. The molecule has 3 rings (SSSR count). The number of hydrogen-bond acceptors (Lipinski definition) is 11. The normalized spacial score (nSPS) is 20.7. The quantitative estimate of drug-likeness (QED) is 0.266. The first-order chi connectivity index (χ1) is 15.5. The number of ether oxygens (including phenoxy) is 1. The second-order valence-electron chi connectivity index (χ2n) is 8.20. The predicted molar refractivity (Wildman–Crippen MR) is 111 cm³/mol. The fraction of sp³-hybridized carbons (Fsp3) is 0.600. The summed E-state index contributed by atoms with van der Waals surface area (Å²) in [5, 5.41) is 7.85. The molecule has 1 fully saturated rings. The first-order valence-corrected chi connectivity index (χ1v) is 12.2. The number of aromatic nitrogens is 2. The molecule has 34 heavy (non-hydrogen) atoms. The van der Waals surface area contributed by atoms with Gasteiger partial charge in [-0.15, -0.1) is 4.28 Å². The Morgan fingerprint density at radius 1 is 1.35 bits per heavy atom. The van der Waals surface area contributed by atoms with Crippen LogP contribution in [0.4, 0.5) is 9.59 Å². The highest BCUT2D eigenvalue weighted by atomic mass is 32.3. The molecule has 2 N–H and O–H groups in total. The molecule has 0 aromatic carbocycles. The van der Waals surface area contributed by atoms with Gasteiger partial charge in [-0.2, -0.15) is 27.0 Å². The molecule has 1 saturated heterocycles. The molecule has 2 aliphatic rings. The molecule has 17 nitrogen and oxygen atoms in total. The topological polar surface area (TPSA) is 202 Å². The standard InChI is InChI=1S/C15H23N7O10S2/c1-15(2,3)30-13(23)18-20(5)33(25,26)32-22-11-8-21(14(22)24)10(7-17-31-34(27,28)29)12-9(11)6-16-19(12)4/h6-7,10-11H,8H2,1-5H3,(H,18,23)(H,27,28,29)/b17-7-/t10-,11+/m1/s1. The Balaban J connectivity index is 1.83. The smallest absolute Gasteiger partial charge is 0.443 e. The van der Waals surface area contributed by atoms with E-state index in [1.54, 1.807) is 27.8 Å². The second-order valence-corrected chi connectivity index (χ2v) is 10.8. The summed E-state index contributed by atoms with van der Waals surface area (Å²) in [4.78, 5) is 26.0. The second kappa shape index (κ2) is 8.65. The van der Waals surface area contributed by atoms with Crippen molar-refractivity contribution in [3.8, 4) is 0 Å². The van der Waals surface area contributed by atoms with Gasteiger partial charge in [0.1, 0.15) is 17.7 Å². The highest BCUT2D eigenvalue weighted by molar-refractivity contribution is 7.84. The van der Waals surface area contributed by atoms with Crippen LogP contribution in [0, 0.1) is 0 Å². The van der Waals surface area contributed by atoms with Crippen molar-refractivity contribution in [2.24, 2.45) is 12.2 Å². The lowest BCUT2D eigenvalue weighted by atomic mass is 9.99. The van der Waals surface area contributed by atoms with Gasteiger partial charge in [-0.25, -0.2) is 19.3 Å². The Morgan fingerprint density at radius 2 is 2.00 bits per heavy atom. The minimum Gasteiger partial charge on any atom is -0.443 e. The maximum absolute atomic E-state index is 13.0. The van der Waals surface area contributed by atoms with Crippen LogP contribution in [-0.4, -0.2) is 83.1 Å². The van der Waals surface area contributed by atoms with E-state index in [0.717, 1.165) is 18.2 Å². The summed E-state index contributed by atoms with van der Waals surface area (Å²) in [6.07, 6.45) is 1.24. The summed E-state index contributed by atoms with van der Waals surface area (Å²) in [7, 11) is -7.08. The van der Waals surface area contributed by atoms with Crippen LogP contribution in [0.5, 0.6) is 0 Å². The van der Waals surface area contributed by atoms with Crippen LogP contribution in [0.1, 0.15) is 44.1 Å². The summed E-state index contributed by atoms with van der Waals surface area (Å²) in [5.41, 5.74) is 1.85. The Bertz CT molecular complexity index is 1220. The van der Waals surface area contributed by atoms with E-state index in [1.165, 1.54) is 10.9 Å². The number of amides is 3. The van der Waals surface area contributed by atoms with Gasteiger partial charge in [0.2, 0.25) is 0 Å². The Hall–Kier alpha value is -3.00. The highest BCUT2D eigenvalue weighted by Crippen LogP contribution is 2.43. The first-order valence-electron chi connectivity index (χ1n) is 9.49. The molecule has 2 aliphatic heterocycles. The number of carbonyl (C=O) groups excluding carboxylic acids is 2. The maximum Gasteiger partial charge on any atom is 0.466 e. The molecule has 2 atom stereocenters. The number of urea groups is 1. The Labute approximate surface area is 194 Å². The summed E-state index contributed by atoms with van der Waals surface area (Å²) in [5.74, 6) is 0. The van der Waals surface area contributed by atoms with Crippen molar-refractivity contribution in [3.63, 3.8) is 0 Å². The van der Waals surface area contributed by atoms with E-state index in [-0.39, 0.29) is 6.54 Å². The van der Waals surface area contributed by atoms with E-state index in [4.69, 9.17) is 13.6 Å². The van der Waals surface area contributed by atoms with Crippen molar-refractivity contribution in [1.82, 2.24) is 29.6 Å². The molecule has 1 aromatic rings. The van der Waals surface area contributed by atoms with Gasteiger partial charge >= 0.3 is 32.8 Å². The lowest BCUT2D eigenvalue weighted by Crippen LogP contribution is -2.48. The number of fused-ring (bicyclic) bond motifs is 4. The number of nitrogens with zero attached hydrogens (tertiary/aromatic N) is 6. The molecule has 3 heterocycles. The van der Waals surface area contributed by atoms with E-state index >= 15 is 0 Å². The molecule has 0 unspecified atom stereocenters. The van der Waals surface area contributed by atoms with Crippen LogP contribution in [0.2, 0.25) is 0 Å². The number of nitrogens with one attached hydrogen (secondary N) is 1. The molecule has 3 amide bonds. The van der Waals surface area contributed by atoms with Gasteiger partial charge in [-0.05, 0) is 20.8 Å². The zero-order valence-electron chi connectivity index (χ0n) is 18.6. The summed E-state index contributed by atoms with van der Waals surface area (Å²) >= 11 is 0. The fourth-order valence-corrected chi connectivity index (χ4v) is 4.11. The zero-order valence-corrected chi connectivity index (χ0v) is 20.3. The molecule has 2 bridgehead atoms. The number of carbonyl (C=O) groups is 2. The molecule has 0 saturated carbocycles. The average Bonchev–Trinajstić information content (AvgIpc) is 3.16. The fourth-order valence-electron chi connectivity index (χ4n) is 3.29. The highest BCUT2D eigenvalue weighted by Gasteiger charge is 2.52. The van der Waals surface area contributed by atoms with Crippen LogP contribution in [-0.2, 0) is 41.1 Å². The van der Waals surface area contributed by atoms with Gasteiger partial charge in [0.25, 0.3) is 0 Å². The number of aryl methyl sites for hydroxylation is 1. The minimum atomic E-state index is -4.88. The van der Waals surface area contributed by atoms with Crippen molar-refractivity contribution in [3.05, 3.63) is 17.5 Å². The van der Waals surface area contributed by atoms with Crippen LogP contribution in [0.3, 0.4) is 0 Å². The van der Waals surface area contributed by atoms with Crippen LogP contribution in [0.25, 0.3) is 0 Å². The monoisotopic (exact) mass is 525 g/mol. The van der Waals surface area contributed by atoms with Gasteiger partial charge in [-0.1, -0.05) is 9.57 Å². The van der Waals surface area contributed by atoms with Crippen molar-refractivity contribution >= 4 is 39.0 Å². The molecule has 19 heteroatoms. The number of rotatable bonds is 7. The molecule has 0 radical (unpaired) electrons. The van der Waals surface area contributed by atoms with E-state index in [0.29, 0.717) is 20.7 Å². The van der Waals surface area contributed by atoms with Gasteiger partial charge in [0, 0.05) is 19.7 Å². The Kier molecular flexibility index (Phi) is 6.52. The number of hydroxylamine groups is 2. The van der Waals surface area contributed by atoms with Crippen molar-refractivity contribution < 1.29 is 44.3 Å². The van der Waals surface area contributed by atoms with E-state index in [1.807, 2.05) is 5.43 Å². The predicted octanol–water partition coefficient (Wildman–Crippen LogP) is -0.393. The van der Waals surface area contributed by atoms with Gasteiger partial charge in [0.05, 0.1) is 24.7 Å². The van der Waals surface area contributed by atoms with Gasteiger partial charge < -0.3 is 9.64 Å². The minimum absolute atomic E-state index is 0.0706. The number of hydrazine groups is 1. The van der Waals surface area contributed by atoms with Gasteiger partial charge in [0.15, 0.2) is 0 Å². The number of oxime groups is 1. The lowest BCUT2D eigenvalue weighted by Gasteiger charge is -2.28. The van der Waals surface area contributed by atoms with E-state index in [2.05, 4.69) is 14.5 Å². The maximum atomic E-state index is 13.0. The average molecular weight is 526 g/mol. The molecular formula is C15H23N7O10S2. The third-order valence-corrected chi connectivity index (χ3v) is 5.96. The molecule has 0 spiro atoms. The van der Waals surface area contributed by atoms with Crippen molar-refractivity contribution in [2.45, 2.75) is 38.5 Å². The third kappa shape index (κ3) is 5.38. The first kappa shape index (κ1) is 25.6. The molecular weight excluding hydrogens is 502 g/mol. The lowest BCUT2D eigenvalue weighted by molar-refractivity contribution is -0.0307. The van der Waals surface area contributed by atoms with E-state index < -0.39 is 50.5 Å². The van der Waals surface area contributed by atoms with Crippen LogP contribution >= 0.6 is 0 Å². The Morgan fingerprint density at radius 3 is 2.59 bits per heavy atom. The SMILES string of the molecule is CN(NC(=O)OC(C)(C)C)S(=O)(=O)ON1C(=O)N2C[C@H]1c1cnn(C)c1[C@H]2/C=N\OS(=O)(=O)O. The molecule has 0 aliphatic carbocycles. The third-order valence-electron chi connectivity index (χ3n) is 4.57. The largest absolute Gasteiger partial charge is 0.466 e. The van der Waals surface area contributed by atoms with Crippen molar-refractivity contribution in [2.75, 3.05) is 13.6 Å². The van der Waals surface area contributed by atoms with Crippen LogP contribution in [0.15, 0.2) is 11.4 Å². The van der Waals surface area contributed by atoms with Gasteiger partial charge in [-0.3, -0.25) is 9.23 Å². The zero-order chi connectivity index (χ0) is 25.6. The van der Waals surface area contributed by atoms with Crippen LogP contribution < -0.4 is 5.43 Å². The molecule has 190 valence electrons. The van der Waals surface area contributed by atoms with Crippen molar-refractivity contribution in [1.29, 1.82) is 0 Å². The van der Waals surface area contributed by atoms with E-state index in [9.17, 15) is 26.4 Å². The summed E-state index contributed by atoms with van der Waals surface area (Å²) in [6, 6.07) is -2.84.